The summed E-state index contributed by atoms with van der Waals surface area (Å²) in [6, 6.07) is 33.1. The highest BCUT2D eigenvalue weighted by Gasteiger charge is 2.07. The van der Waals surface area contributed by atoms with Crippen molar-refractivity contribution in [3.63, 3.8) is 0 Å². The van der Waals surface area contributed by atoms with E-state index in [2.05, 4.69) is 67.8 Å². The molecule has 0 aromatic heterocycles. The molecule has 0 atom stereocenters. The van der Waals surface area contributed by atoms with Crippen LogP contribution >= 0.6 is 0 Å². The van der Waals surface area contributed by atoms with Crippen LogP contribution in [0.15, 0.2) is 122 Å². The van der Waals surface area contributed by atoms with E-state index in [9.17, 15) is 9.59 Å². The first-order chi connectivity index (χ1) is 18.1. The summed E-state index contributed by atoms with van der Waals surface area (Å²) in [4.78, 5) is 22.7. The van der Waals surface area contributed by atoms with Gasteiger partial charge in [0.25, 0.3) is 0 Å². The van der Waals surface area contributed by atoms with E-state index in [1.165, 1.54) is 12.2 Å². The lowest BCUT2D eigenvalue weighted by molar-refractivity contribution is -0.139. The van der Waals surface area contributed by atoms with E-state index in [4.69, 9.17) is 9.47 Å². The fraction of sp³-hybridized carbons (Fsp3) is 0.0909. The molecule has 4 nitrogen and oxygen atoms in total. The fourth-order valence-electron chi connectivity index (χ4n) is 4.05. The van der Waals surface area contributed by atoms with Crippen LogP contribution in [0, 0.1) is 0 Å². The molecule has 0 fully saturated rings. The minimum atomic E-state index is -0.436. The Morgan fingerprint density at radius 3 is 1.49 bits per heavy atom. The van der Waals surface area contributed by atoms with E-state index in [1.54, 1.807) is 0 Å². The molecule has 0 aliphatic carbocycles. The number of esters is 2. The van der Waals surface area contributed by atoms with Crippen molar-refractivity contribution in [3.05, 3.63) is 133 Å². The van der Waals surface area contributed by atoms with E-state index < -0.39 is 11.9 Å². The van der Waals surface area contributed by atoms with Crippen molar-refractivity contribution in [1.29, 1.82) is 0 Å². The number of carbonyl (C=O) groups is 2. The van der Waals surface area contributed by atoms with E-state index in [1.807, 2.05) is 42.5 Å². The summed E-state index contributed by atoms with van der Waals surface area (Å²) < 4.78 is 10.3. The van der Waals surface area contributed by atoms with Gasteiger partial charge in [-0.05, 0) is 62.7 Å². The molecule has 4 heteroatoms. The first kappa shape index (κ1) is 25.4. The van der Waals surface area contributed by atoms with Crippen LogP contribution in [0.1, 0.15) is 11.1 Å². The molecule has 0 saturated carbocycles. The second kappa shape index (κ2) is 12.3. The van der Waals surface area contributed by atoms with Crippen LogP contribution in [0.3, 0.4) is 0 Å². The zero-order chi connectivity index (χ0) is 26.0. The van der Waals surface area contributed by atoms with E-state index >= 15 is 0 Å². The van der Waals surface area contributed by atoms with Crippen molar-refractivity contribution in [3.8, 4) is 33.4 Å². The van der Waals surface area contributed by atoms with Crippen LogP contribution in [0.5, 0.6) is 0 Å². The highest BCUT2D eigenvalue weighted by Crippen LogP contribution is 2.30. The van der Waals surface area contributed by atoms with Gasteiger partial charge < -0.3 is 9.47 Å². The third-order valence-electron chi connectivity index (χ3n) is 5.93. The maximum atomic E-state index is 11.4. The summed E-state index contributed by atoms with van der Waals surface area (Å²) in [5.74, 6) is -0.845. The van der Waals surface area contributed by atoms with Crippen LogP contribution in [0.25, 0.3) is 33.4 Å². The van der Waals surface area contributed by atoms with Crippen LogP contribution in [-0.2, 0) is 32.1 Å². The zero-order valence-corrected chi connectivity index (χ0v) is 20.6. The molecule has 184 valence electrons. The Labute approximate surface area is 217 Å². The smallest absolute Gasteiger partial charge is 0.330 e. The van der Waals surface area contributed by atoms with Gasteiger partial charge in [0.2, 0.25) is 0 Å². The lowest BCUT2D eigenvalue weighted by atomic mass is 9.95. The molecule has 0 bridgehead atoms. The molecule has 0 aliphatic heterocycles. The summed E-state index contributed by atoms with van der Waals surface area (Å²) in [7, 11) is 0. The molecule has 4 rings (SSSR count). The van der Waals surface area contributed by atoms with Gasteiger partial charge in [-0.1, -0.05) is 92.0 Å². The quantitative estimate of drug-likeness (QED) is 0.175. The van der Waals surface area contributed by atoms with E-state index in [0.29, 0.717) is 13.0 Å². The lowest BCUT2D eigenvalue weighted by Gasteiger charge is -2.10. The first-order valence-corrected chi connectivity index (χ1v) is 12.0. The predicted octanol–water partition coefficient (Wildman–Crippen LogP) is 7.19. The predicted molar refractivity (Wildman–Crippen MR) is 148 cm³/mol. The SMILES string of the molecule is C=CC(=O)OCCc1cccc(-c2cccc(-c3cccc(-c4cccc(COC(=O)C=C)c4)c3)c2)c1. The number of rotatable bonds is 10. The summed E-state index contributed by atoms with van der Waals surface area (Å²) in [5, 5.41) is 0. The second-order valence-corrected chi connectivity index (χ2v) is 8.50. The summed E-state index contributed by atoms with van der Waals surface area (Å²) in [5.41, 5.74) is 8.58. The number of hydrogen-bond donors (Lipinski definition) is 0. The standard InChI is InChI=1S/C33H28O4/c1-3-32(34)36-18-17-24-9-5-11-26(19-24)28-13-7-15-30(21-28)31-16-8-14-29(22-31)27-12-6-10-25(20-27)23-37-33(35)4-2/h3-16,19-22H,1-2,17-18,23H2. The van der Waals surface area contributed by atoms with Gasteiger partial charge in [0.15, 0.2) is 0 Å². The third-order valence-corrected chi connectivity index (χ3v) is 5.93. The Bertz CT molecular complexity index is 1430. The first-order valence-electron chi connectivity index (χ1n) is 12.0. The summed E-state index contributed by atoms with van der Waals surface area (Å²) in [6.45, 7) is 7.38. The largest absolute Gasteiger partial charge is 0.462 e. The molecule has 0 N–H and O–H groups in total. The molecule has 0 spiro atoms. The normalized spacial score (nSPS) is 10.4. The molecule has 0 unspecified atom stereocenters. The van der Waals surface area contributed by atoms with Gasteiger partial charge in [-0.15, -0.1) is 0 Å². The van der Waals surface area contributed by atoms with Crippen molar-refractivity contribution in [1.82, 2.24) is 0 Å². The molecular weight excluding hydrogens is 460 g/mol. The average Bonchev–Trinajstić information content (AvgIpc) is 2.96. The molecule has 0 amide bonds. The molecular formula is C33H28O4. The highest BCUT2D eigenvalue weighted by molar-refractivity contribution is 5.81. The van der Waals surface area contributed by atoms with E-state index in [0.717, 1.165) is 44.5 Å². The van der Waals surface area contributed by atoms with Gasteiger partial charge in [-0.25, -0.2) is 9.59 Å². The van der Waals surface area contributed by atoms with Gasteiger partial charge in [-0.2, -0.15) is 0 Å². The Balaban J connectivity index is 1.54. The van der Waals surface area contributed by atoms with Crippen LogP contribution < -0.4 is 0 Å². The molecule has 0 saturated heterocycles. The topological polar surface area (TPSA) is 52.6 Å². The van der Waals surface area contributed by atoms with Crippen molar-refractivity contribution < 1.29 is 19.1 Å². The number of carbonyl (C=O) groups excluding carboxylic acids is 2. The maximum absolute atomic E-state index is 11.4. The third kappa shape index (κ3) is 6.92. The van der Waals surface area contributed by atoms with Crippen molar-refractivity contribution >= 4 is 11.9 Å². The minimum absolute atomic E-state index is 0.205. The van der Waals surface area contributed by atoms with Crippen molar-refractivity contribution in [2.24, 2.45) is 0 Å². The highest BCUT2D eigenvalue weighted by atomic mass is 16.5. The number of ether oxygens (including phenoxy) is 2. The Kier molecular flexibility index (Phi) is 8.45. The van der Waals surface area contributed by atoms with Crippen LogP contribution in [0.2, 0.25) is 0 Å². The van der Waals surface area contributed by atoms with Crippen molar-refractivity contribution in [2.75, 3.05) is 6.61 Å². The van der Waals surface area contributed by atoms with Crippen molar-refractivity contribution in [2.45, 2.75) is 13.0 Å². The second-order valence-electron chi connectivity index (χ2n) is 8.50. The van der Waals surface area contributed by atoms with Crippen LogP contribution in [-0.4, -0.2) is 18.5 Å². The fourth-order valence-corrected chi connectivity index (χ4v) is 4.05. The van der Waals surface area contributed by atoms with Gasteiger partial charge in [-0.3, -0.25) is 0 Å². The van der Waals surface area contributed by atoms with Gasteiger partial charge in [0.05, 0.1) is 6.61 Å². The monoisotopic (exact) mass is 488 g/mol. The average molecular weight is 489 g/mol. The van der Waals surface area contributed by atoms with E-state index in [-0.39, 0.29) is 6.61 Å². The van der Waals surface area contributed by atoms with Crippen LogP contribution in [0.4, 0.5) is 0 Å². The molecule has 0 radical (unpaired) electrons. The van der Waals surface area contributed by atoms with Gasteiger partial charge in [0.1, 0.15) is 6.61 Å². The molecule has 4 aromatic rings. The summed E-state index contributed by atoms with van der Waals surface area (Å²) >= 11 is 0. The van der Waals surface area contributed by atoms with Gasteiger partial charge in [0, 0.05) is 18.6 Å². The Morgan fingerprint density at radius 1 is 0.568 bits per heavy atom. The molecule has 0 aliphatic rings. The number of hydrogen-bond acceptors (Lipinski definition) is 4. The molecule has 0 heterocycles. The minimum Gasteiger partial charge on any atom is -0.462 e. The van der Waals surface area contributed by atoms with Gasteiger partial charge >= 0.3 is 11.9 Å². The molecule has 4 aromatic carbocycles. The number of benzene rings is 4. The lowest BCUT2D eigenvalue weighted by Crippen LogP contribution is -2.04. The molecule has 37 heavy (non-hydrogen) atoms. The Hall–Kier alpha value is -4.70. The summed E-state index contributed by atoms with van der Waals surface area (Å²) in [6.07, 6.45) is 2.98. The Morgan fingerprint density at radius 2 is 0.973 bits per heavy atom. The zero-order valence-electron chi connectivity index (χ0n) is 20.6. The maximum Gasteiger partial charge on any atom is 0.330 e.